The van der Waals surface area contributed by atoms with Gasteiger partial charge in [0.05, 0.1) is 12.1 Å². The molecule has 0 saturated carbocycles. The highest BCUT2D eigenvalue weighted by molar-refractivity contribution is 6.30. The molecular formula is C22H19ClN6O. The van der Waals surface area contributed by atoms with Crippen molar-refractivity contribution < 1.29 is 4.79 Å². The number of halogens is 1. The second-order valence-corrected chi connectivity index (χ2v) is 7.17. The molecule has 0 aliphatic rings. The number of nitrogens with one attached hydrogen (secondary N) is 2. The minimum atomic E-state index is -0.0895. The van der Waals surface area contributed by atoms with Crippen molar-refractivity contribution in [2.45, 2.75) is 13.3 Å². The molecular weight excluding hydrogens is 400 g/mol. The van der Waals surface area contributed by atoms with Crippen molar-refractivity contribution in [3.8, 4) is 5.82 Å². The highest BCUT2D eigenvalue weighted by Gasteiger charge is 2.06. The van der Waals surface area contributed by atoms with E-state index in [2.05, 4.69) is 25.9 Å². The Morgan fingerprint density at radius 2 is 1.67 bits per heavy atom. The van der Waals surface area contributed by atoms with E-state index in [0.717, 1.165) is 22.6 Å². The third-order valence-corrected chi connectivity index (χ3v) is 4.58. The Morgan fingerprint density at radius 3 is 2.30 bits per heavy atom. The van der Waals surface area contributed by atoms with Crippen molar-refractivity contribution in [2.75, 3.05) is 10.6 Å². The molecule has 7 nitrogen and oxygen atoms in total. The highest BCUT2D eigenvalue weighted by Crippen LogP contribution is 2.18. The Labute approximate surface area is 178 Å². The van der Waals surface area contributed by atoms with Crippen LogP contribution in [-0.4, -0.2) is 25.9 Å². The molecule has 0 fully saturated rings. The van der Waals surface area contributed by atoms with Gasteiger partial charge in [-0.3, -0.25) is 4.79 Å². The highest BCUT2D eigenvalue weighted by atomic mass is 35.5. The first-order valence-corrected chi connectivity index (χ1v) is 9.71. The Kier molecular flexibility index (Phi) is 5.72. The van der Waals surface area contributed by atoms with Crippen LogP contribution in [0.1, 0.15) is 11.3 Å². The van der Waals surface area contributed by atoms with Crippen molar-refractivity contribution in [1.29, 1.82) is 0 Å². The number of nitrogens with zero attached hydrogens (tertiary/aromatic N) is 4. The smallest absolute Gasteiger partial charge is 0.228 e. The molecule has 4 rings (SSSR count). The largest absolute Gasteiger partial charge is 0.339 e. The van der Waals surface area contributed by atoms with Gasteiger partial charge in [-0.1, -0.05) is 23.7 Å². The third-order valence-electron chi connectivity index (χ3n) is 4.33. The second-order valence-electron chi connectivity index (χ2n) is 6.73. The standard InChI is InChI=1S/C22H19ClN6O/c1-15-12-13-29(28-15)21-11-10-20(26-27-21)24-18-6-8-19(9-7-18)25-22(30)14-16-2-4-17(23)5-3-16/h2-13H,14H2,1H3,(H,24,26)(H,25,30). The van der Waals surface area contributed by atoms with Crippen LogP contribution in [0, 0.1) is 6.92 Å². The summed E-state index contributed by atoms with van der Waals surface area (Å²) in [6.45, 7) is 1.92. The van der Waals surface area contributed by atoms with Gasteiger partial charge in [0.25, 0.3) is 0 Å². The number of hydrogen-bond donors (Lipinski definition) is 2. The van der Waals surface area contributed by atoms with Crippen LogP contribution in [0.4, 0.5) is 17.2 Å². The van der Waals surface area contributed by atoms with Crippen LogP contribution in [0.2, 0.25) is 5.02 Å². The van der Waals surface area contributed by atoms with Crippen molar-refractivity contribution in [1.82, 2.24) is 20.0 Å². The molecule has 2 heterocycles. The fourth-order valence-electron chi connectivity index (χ4n) is 2.83. The van der Waals surface area contributed by atoms with Gasteiger partial charge in [0.15, 0.2) is 11.6 Å². The Hall–Kier alpha value is -3.71. The third kappa shape index (κ3) is 5.01. The second kappa shape index (κ2) is 8.75. The van der Waals surface area contributed by atoms with Gasteiger partial charge in [-0.25, -0.2) is 4.68 Å². The molecule has 150 valence electrons. The molecule has 2 aromatic carbocycles. The number of aromatic nitrogens is 4. The van der Waals surface area contributed by atoms with Gasteiger partial charge in [0, 0.05) is 22.6 Å². The van der Waals surface area contributed by atoms with Gasteiger partial charge >= 0.3 is 0 Å². The molecule has 2 N–H and O–H groups in total. The van der Waals surface area contributed by atoms with E-state index in [1.807, 2.05) is 67.7 Å². The van der Waals surface area contributed by atoms with Crippen LogP contribution >= 0.6 is 11.6 Å². The zero-order valence-electron chi connectivity index (χ0n) is 16.2. The topological polar surface area (TPSA) is 84.7 Å². The number of hydrogen-bond acceptors (Lipinski definition) is 5. The molecule has 0 atom stereocenters. The Bertz CT molecular complexity index is 1140. The van der Waals surface area contributed by atoms with Crippen LogP contribution in [0.5, 0.6) is 0 Å². The lowest BCUT2D eigenvalue weighted by molar-refractivity contribution is -0.115. The quantitative estimate of drug-likeness (QED) is 0.480. The molecule has 30 heavy (non-hydrogen) atoms. The average molecular weight is 419 g/mol. The van der Waals surface area contributed by atoms with Gasteiger partial charge in [0.1, 0.15) is 0 Å². The maximum absolute atomic E-state index is 12.2. The molecule has 2 aromatic heterocycles. The number of amides is 1. The van der Waals surface area contributed by atoms with Gasteiger partial charge in [-0.05, 0) is 67.1 Å². The predicted molar refractivity (Wildman–Crippen MR) is 117 cm³/mol. The van der Waals surface area contributed by atoms with E-state index in [0.29, 0.717) is 16.7 Å². The van der Waals surface area contributed by atoms with Crippen molar-refractivity contribution in [3.05, 3.63) is 89.2 Å². The molecule has 0 spiro atoms. The fourth-order valence-corrected chi connectivity index (χ4v) is 2.96. The van der Waals surface area contributed by atoms with Crippen LogP contribution in [-0.2, 0) is 11.2 Å². The monoisotopic (exact) mass is 418 g/mol. The number of aryl methyl sites for hydroxylation is 1. The van der Waals surface area contributed by atoms with Gasteiger partial charge in [-0.2, -0.15) is 5.10 Å². The number of carbonyl (C=O) groups excluding carboxylic acids is 1. The number of benzene rings is 2. The Morgan fingerprint density at radius 1 is 0.933 bits per heavy atom. The van der Waals surface area contributed by atoms with Crippen molar-refractivity contribution in [3.63, 3.8) is 0 Å². The van der Waals surface area contributed by atoms with E-state index in [9.17, 15) is 4.79 Å². The first-order valence-electron chi connectivity index (χ1n) is 9.33. The average Bonchev–Trinajstić information content (AvgIpc) is 3.18. The molecule has 0 unspecified atom stereocenters. The SMILES string of the molecule is Cc1ccn(-c2ccc(Nc3ccc(NC(=O)Cc4ccc(Cl)cc4)cc3)nn2)n1. The van der Waals surface area contributed by atoms with Gasteiger partial charge in [0.2, 0.25) is 5.91 Å². The lowest BCUT2D eigenvalue weighted by Gasteiger charge is -2.08. The van der Waals surface area contributed by atoms with Crippen LogP contribution < -0.4 is 10.6 Å². The summed E-state index contributed by atoms with van der Waals surface area (Å²) in [4.78, 5) is 12.2. The van der Waals surface area contributed by atoms with Crippen molar-refractivity contribution in [2.24, 2.45) is 0 Å². The van der Waals surface area contributed by atoms with Crippen LogP contribution in [0.3, 0.4) is 0 Å². The number of rotatable bonds is 6. The summed E-state index contributed by atoms with van der Waals surface area (Å²) < 4.78 is 1.67. The zero-order chi connectivity index (χ0) is 20.9. The number of carbonyl (C=O) groups is 1. The Balaban J connectivity index is 1.34. The molecule has 0 aliphatic heterocycles. The summed E-state index contributed by atoms with van der Waals surface area (Å²) in [7, 11) is 0. The fraction of sp³-hybridized carbons (Fsp3) is 0.0909. The molecule has 8 heteroatoms. The summed E-state index contributed by atoms with van der Waals surface area (Å²) in [6.07, 6.45) is 2.13. The molecule has 0 bridgehead atoms. The predicted octanol–water partition coefficient (Wildman–Crippen LogP) is 4.55. The molecule has 0 saturated heterocycles. The molecule has 0 aliphatic carbocycles. The molecule has 0 radical (unpaired) electrons. The summed E-state index contributed by atoms with van der Waals surface area (Å²) in [5.41, 5.74) is 3.37. The first-order chi connectivity index (χ1) is 14.5. The van der Waals surface area contributed by atoms with E-state index < -0.39 is 0 Å². The summed E-state index contributed by atoms with van der Waals surface area (Å²) in [5, 5.41) is 19.4. The van der Waals surface area contributed by atoms with Gasteiger partial charge < -0.3 is 10.6 Å². The normalized spacial score (nSPS) is 10.6. The van der Waals surface area contributed by atoms with Crippen LogP contribution in [0.15, 0.2) is 72.9 Å². The molecule has 4 aromatic rings. The summed E-state index contributed by atoms with van der Waals surface area (Å²) in [6, 6.07) is 20.2. The van der Waals surface area contributed by atoms with Crippen LogP contribution in [0.25, 0.3) is 5.82 Å². The van der Waals surface area contributed by atoms with Gasteiger partial charge in [-0.15, -0.1) is 10.2 Å². The lowest BCUT2D eigenvalue weighted by atomic mass is 10.1. The molecule has 1 amide bonds. The lowest BCUT2D eigenvalue weighted by Crippen LogP contribution is -2.14. The van der Waals surface area contributed by atoms with E-state index in [-0.39, 0.29) is 12.3 Å². The zero-order valence-corrected chi connectivity index (χ0v) is 17.0. The summed E-state index contributed by atoms with van der Waals surface area (Å²) >= 11 is 5.87. The van der Waals surface area contributed by atoms with E-state index in [1.165, 1.54) is 0 Å². The maximum atomic E-state index is 12.2. The minimum Gasteiger partial charge on any atom is -0.339 e. The maximum Gasteiger partial charge on any atom is 0.228 e. The van der Waals surface area contributed by atoms with E-state index >= 15 is 0 Å². The number of anilines is 3. The van der Waals surface area contributed by atoms with E-state index in [1.54, 1.807) is 16.8 Å². The summed E-state index contributed by atoms with van der Waals surface area (Å²) in [5.74, 6) is 1.17. The minimum absolute atomic E-state index is 0.0895. The van der Waals surface area contributed by atoms with Crippen molar-refractivity contribution >= 4 is 34.7 Å². The first kappa shape index (κ1) is 19.6. The van der Waals surface area contributed by atoms with E-state index in [4.69, 9.17) is 11.6 Å².